The van der Waals surface area contributed by atoms with Gasteiger partial charge in [-0.15, -0.1) is 0 Å². The maximum atomic E-state index is 5.45. The van der Waals surface area contributed by atoms with Crippen LogP contribution < -0.4 is 11.5 Å². The molecule has 0 aliphatic carbocycles. The second-order valence-electron chi connectivity index (χ2n) is 1.88. The topological polar surface area (TPSA) is 77.8 Å². The quantitative estimate of drug-likeness (QED) is 0.613. The highest BCUT2D eigenvalue weighted by Gasteiger charge is 1.97. The Labute approximate surface area is 82.6 Å². The molecule has 64 valence electrons. The van der Waals surface area contributed by atoms with Crippen molar-refractivity contribution in [2.75, 3.05) is 11.5 Å². The summed E-state index contributed by atoms with van der Waals surface area (Å²) >= 11 is 4.46. The summed E-state index contributed by atoms with van der Waals surface area (Å²) in [5.41, 5.74) is 10.9. The maximum absolute atomic E-state index is 5.45. The van der Waals surface area contributed by atoms with Gasteiger partial charge in [-0.25, -0.2) is 9.97 Å². The molecular formula is C6H7BrN4S. The summed E-state index contributed by atoms with van der Waals surface area (Å²) in [6.07, 6.45) is 0. The predicted molar refractivity (Wildman–Crippen MR) is 54.8 cm³/mol. The van der Waals surface area contributed by atoms with Gasteiger partial charge in [0.1, 0.15) is 11.6 Å². The largest absolute Gasteiger partial charge is 0.383 e. The summed E-state index contributed by atoms with van der Waals surface area (Å²) in [5.74, 6) is 0.765. The third kappa shape index (κ3) is 2.71. The van der Waals surface area contributed by atoms with Gasteiger partial charge < -0.3 is 11.5 Å². The van der Waals surface area contributed by atoms with Crippen LogP contribution in [0, 0.1) is 0 Å². The summed E-state index contributed by atoms with van der Waals surface area (Å²) < 4.78 is 0. The molecule has 4 N–H and O–H groups in total. The molecule has 1 rings (SSSR count). The van der Waals surface area contributed by atoms with E-state index in [9.17, 15) is 0 Å². The predicted octanol–water partition coefficient (Wildman–Crippen LogP) is 1.60. The summed E-state index contributed by atoms with van der Waals surface area (Å²) in [6, 6.07) is 1.52. The molecule has 0 atom stereocenters. The number of rotatable bonds is 2. The first-order valence-electron chi connectivity index (χ1n) is 3.04. The summed E-state index contributed by atoms with van der Waals surface area (Å²) in [5, 5.41) is 2.33. The van der Waals surface area contributed by atoms with Crippen molar-refractivity contribution >= 4 is 39.3 Å². The van der Waals surface area contributed by atoms with Crippen molar-refractivity contribution in [3.63, 3.8) is 0 Å². The Kier molecular flexibility index (Phi) is 3.36. The molecule has 0 aliphatic rings. The van der Waals surface area contributed by atoms with Gasteiger partial charge in [-0.1, -0.05) is 27.7 Å². The normalized spacial score (nSPS) is 10.8. The number of nitrogen functional groups attached to an aromatic ring is 2. The zero-order chi connectivity index (χ0) is 8.97. The smallest absolute Gasteiger partial charge is 0.195 e. The monoisotopic (exact) mass is 246 g/mol. The van der Waals surface area contributed by atoms with Crippen molar-refractivity contribution in [1.82, 2.24) is 9.97 Å². The van der Waals surface area contributed by atoms with Gasteiger partial charge in [-0.3, -0.25) is 0 Å². The lowest BCUT2D eigenvalue weighted by Gasteiger charge is -1.98. The van der Waals surface area contributed by atoms with E-state index in [0.717, 1.165) is 0 Å². The van der Waals surface area contributed by atoms with E-state index in [2.05, 4.69) is 25.9 Å². The number of aromatic nitrogens is 2. The van der Waals surface area contributed by atoms with E-state index >= 15 is 0 Å². The van der Waals surface area contributed by atoms with Crippen LogP contribution in [0.25, 0.3) is 0 Å². The van der Waals surface area contributed by atoms with Crippen molar-refractivity contribution in [3.05, 3.63) is 16.5 Å². The Bertz CT molecular complexity index is 281. The molecule has 0 bridgehead atoms. The molecule has 0 amide bonds. The Morgan fingerprint density at radius 2 is 1.92 bits per heavy atom. The van der Waals surface area contributed by atoms with E-state index in [0.29, 0.717) is 16.8 Å². The van der Waals surface area contributed by atoms with Crippen LogP contribution in [0.5, 0.6) is 0 Å². The Morgan fingerprint density at radius 1 is 1.33 bits per heavy atom. The molecule has 0 unspecified atom stereocenters. The summed E-state index contributed by atoms with van der Waals surface area (Å²) in [7, 11) is 0. The first-order valence-corrected chi connectivity index (χ1v) is 4.84. The van der Waals surface area contributed by atoms with Gasteiger partial charge in [0.05, 0.1) is 0 Å². The van der Waals surface area contributed by atoms with E-state index in [1.54, 1.807) is 10.4 Å². The Morgan fingerprint density at radius 3 is 2.42 bits per heavy atom. The fourth-order valence-corrected chi connectivity index (χ4v) is 1.41. The lowest BCUT2D eigenvalue weighted by molar-refractivity contribution is 0.989. The van der Waals surface area contributed by atoms with Crippen molar-refractivity contribution in [3.8, 4) is 0 Å². The molecule has 0 aliphatic heterocycles. The van der Waals surface area contributed by atoms with Crippen molar-refractivity contribution < 1.29 is 0 Å². The van der Waals surface area contributed by atoms with Crippen LogP contribution in [0.4, 0.5) is 11.6 Å². The lowest BCUT2D eigenvalue weighted by Crippen LogP contribution is -1.98. The van der Waals surface area contributed by atoms with Crippen LogP contribution in [-0.4, -0.2) is 9.97 Å². The number of nitrogens with two attached hydrogens (primary N) is 2. The molecule has 0 aromatic carbocycles. The van der Waals surface area contributed by atoms with E-state index in [4.69, 9.17) is 11.5 Å². The number of hydrogen-bond acceptors (Lipinski definition) is 5. The molecule has 4 nitrogen and oxygen atoms in total. The maximum Gasteiger partial charge on any atom is 0.195 e. The first-order chi connectivity index (χ1) is 5.72. The van der Waals surface area contributed by atoms with Crippen LogP contribution in [0.2, 0.25) is 0 Å². The molecule has 6 heteroatoms. The van der Waals surface area contributed by atoms with Gasteiger partial charge in [0.15, 0.2) is 5.16 Å². The fraction of sp³-hybridized carbons (Fsp3) is 0. The van der Waals surface area contributed by atoms with E-state index in [1.807, 2.05) is 0 Å². The standard InChI is InChI=1S/C6H7BrN4S/c7-1-2-12-6-10-4(8)3-5(9)11-6/h1-3H,(H4,8,9,10,11)/b2-1+. The summed E-state index contributed by atoms with van der Waals surface area (Å²) in [4.78, 5) is 9.61. The van der Waals surface area contributed by atoms with Crippen molar-refractivity contribution in [1.29, 1.82) is 0 Å². The molecule has 0 saturated heterocycles. The second kappa shape index (κ2) is 4.32. The van der Waals surface area contributed by atoms with Gasteiger partial charge in [-0.05, 0) is 10.4 Å². The van der Waals surface area contributed by atoms with Crippen LogP contribution in [-0.2, 0) is 0 Å². The van der Waals surface area contributed by atoms with Crippen LogP contribution in [0.1, 0.15) is 0 Å². The number of thioether (sulfide) groups is 1. The third-order valence-electron chi connectivity index (χ3n) is 0.970. The highest BCUT2D eigenvalue weighted by molar-refractivity contribution is 9.11. The van der Waals surface area contributed by atoms with Crippen molar-refractivity contribution in [2.24, 2.45) is 0 Å². The third-order valence-corrected chi connectivity index (χ3v) is 2.25. The minimum absolute atomic E-state index is 0.382. The molecule has 1 aromatic rings. The summed E-state index contributed by atoms with van der Waals surface area (Å²) in [6.45, 7) is 0. The average molecular weight is 247 g/mol. The van der Waals surface area contributed by atoms with E-state index < -0.39 is 0 Å². The van der Waals surface area contributed by atoms with Gasteiger partial charge in [0, 0.05) is 6.07 Å². The molecule has 0 spiro atoms. The Balaban J connectivity index is 2.85. The number of hydrogen-bond donors (Lipinski definition) is 2. The Hall–Kier alpha value is -0.750. The van der Waals surface area contributed by atoms with Crippen LogP contribution >= 0.6 is 27.7 Å². The number of nitrogens with zero attached hydrogens (tertiary/aromatic N) is 2. The first kappa shape index (κ1) is 9.34. The zero-order valence-electron chi connectivity index (χ0n) is 6.07. The van der Waals surface area contributed by atoms with E-state index in [1.165, 1.54) is 17.8 Å². The molecule has 0 saturated carbocycles. The fourth-order valence-electron chi connectivity index (χ4n) is 0.601. The minimum atomic E-state index is 0.382. The second-order valence-corrected chi connectivity index (χ2v) is 3.28. The highest BCUT2D eigenvalue weighted by Crippen LogP contribution is 2.17. The lowest BCUT2D eigenvalue weighted by atomic mass is 10.5. The SMILES string of the molecule is Nc1cc(N)nc(S/C=C/Br)n1. The number of anilines is 2. The average Bonchev–Trinajstić information content (AvgIpc) is 1.99. The highest BCUT2D eigenvalue weighted by atomic mass is 79.9. The minimum Gasteiger partial charge on any atom is -0.383 e. The zero-order valence-corrected chi connectivity index (χ0v) is 8.47. The number of halogens is 1. The van der Waals surface area contributed by atoms with Gasteiger partial charge in [0.25, 0.3) is 0 Å². The van der Waals surface area contributed by atoms with E-state index in [-0.39, 0.29) is 0 Å². The molecule has 1 aromatic heterocycles. The van der Waals surface area contributed by atoms with Crippen molar-refractivity contribution in [2.45, 2.75) is 5.16 Å². The van der Waals surface area contributed by atoms with Crippen LogP contribution in [0.3, 0.4) is 0 Å². The molecule has 0 fully saturated rings. The van der Waals surface area contributed by atoms with Crippen LogP contribution in [0.15, 0.2) is 21.6 Å². The molecule has 0 radical (unpaired) electrons. The van der Waals surface area contributed by atoms with Gasteiger partial charge in [0.2, 0.25) is 0 Å². The molecule has 12 heavy (non-hydrogen) atoms. The van der Waals surface area contributed by atoms with Gasteiger partial charge in [-0.2, -0.15) is 0 Å². The molecule has 1 heterocycles. The molecular weight excluding hydrogens is 240 g/mol. The van der Waals surface area contributed by atoms with Gasteiger partial charge >= 0.3 is 0 Å².